The molecule has 1 aliphatic heterocycles. The molecule has 0 spiro atoms. The zero-order valence-electron chi connectivity index (χ0n) is 10.6. The number of amides is 1. The summed E-state index contributed by atoms with van der Waals surface area (Å²) in [6.07, 6.45) is 10.5. The molecule has 17 heavy (non-hydrogen) atoms. The number of hydrogen-bond acceptors (Lipinski definition) is 1. The summed E-state index contributed by atoms with van der Waals surface area (Å²) in [6, 6.07) is 0.520. The molecule has 0 radical (unpaired) electrons. The van der Waals surface area contributed by atoms with Gasteiger partial charge in [-0.25, -0.2) is 10.9 Å². The van der Waals surface area contributed by atoms with Crippen LogP contribution in [0.15, 0.2) is 23.0 Å². The molecule has 0 unspecified atom stereocenters. The SMILES string of the molecule is CCN(C(=O)C[SH]1C=CC=C1)C1CCCCC1. The Kier molecular flexibility index (Phi) is 4.72. The summed E-state index contributed by atoms with van der Waals surface area (Å²) in [4.78, 5) is 14.4. The normalized spacial score (nSPS) is 22.1. The van der Waals surface area contributed by atoms with Crippen LogP contribution >= 0.6 is 10.9 Å². The first kappa shape index (κ1) is 12.7. The average molecular weight is 253 g/mol. The van der Waals surface area contributed by atoms with E-state index in [-0.39, 0.29) is 10.9 Å². The number of rotatable bonds is 4. The molecule has 1 heterocycles. The second-order valence-corrected chi connectivity index (χ2v) is 6.77. The predicted octanol–water partition coefficient (Wildman–Crippen LogP) is 3.21. The molecule has 0 aromatic rings. The van der Waals surface area contributed by atoms with E-state index >= 15 is 0 Å². The van der Waals surface area contributed by atoms with Crippen molar-refractivity contribution in [3.05, 3.63) is 23.0 Å². The van der Waals surface area contributed by atoms with Gasteiger partial charge < -0.3 is 4.90 Å². The van der Waals surface area contributed by atoms with Crippen molar-refractivity contribution < 1.29 is 4.79 Å². The van der Waals surface area contributed by atoms with Gasteiger partial charge in [0.2, 0.25) is 5.91 Å². The van der Waals surface area contributed by atoms with E-state index in [0.717, 1.165) is 6.54 Å². The molecule has 0 N–H and O–H groups in total. The van der Waals surface area contributed by atoms with E-state index < -0.39 is 0 Å². The topological polar surface area (TPSA) is 20.3 Å². The first-order valence-corrected chi connectivity index (χ1v) is 8.38. The highest BCUT2D eigenvalue weighted by Gasteiger charge is 2.24. The van der Waals surface area contributed by atoms with Crippen molar-refractivity contribution in [1.29, 1.82) is 0 Å². The number of carbonyl (C=O) groups excluding carboxylic acids is 1. The van der Waals surface area contributed by atoms with Crippen LogP contribution in [0.1, 0.15) is 39.0 Å². The van der Waals surface area contributed by atoms with Crippen LogP contribution in [0.3, 0.4) is 0 Å². The second-order valence-electron chi connectivity index (χ2n) is 4.83. The van der Waals surface area contributed by atoms with Crippen LogP contribution in [-0.4, -0.2) is 29.1 Å². The summed E-state index contributed by atoms with van der Waals surface area (Å²) in [6.45, 7) is 2.99. The first-order chi connectivity index (χ1) is 8.31. The largest absolute Gasteiger partial charge is 0.339 e. The smallest absolute Gasteiger partial charge is 0.231 e. The molecule has 0 aromatic carbocycles. The van der Waals surface area contributed by atoms with Crippen molar-refractivity contribution >= 4 is 16.8 Å². The summed E-state index contributed by atoms with van der Waals surface area (Å²) in [5, 5.41) is 4.36. The molecule has 96 valence electrons. The molecule has 1 aliphatic carbocycles. The lowest BCUT2D eigenvalue weighted by molar-refractivity contribution is -0.131. The Morgan fingerprint density at radius 2 is 1.88 bits per heavy atom. The van der Waals surface area contributed by atoms with Gasteiger partial charge in [0.15, 0.2) is 0 Å². The maximum atomic E-state index is 12.3. The van der Waals surface area contributed by atoms with Crippen LogP contribution in [0.4, 0.5) is 0 Å². The number of thiol groups is 1. The molecule has 1 fully saturated rings. The zero-order valence-corrected chi connectivity index (χ0v) is 11.5. The van der Waals surface area contributed by atoms with Crippen LogP contribution in [0.5, 0.6) is 0 Å². The van der Waals surface area contributed by atoms with Gasteiger partial charge in [-0.05, 0) is 30.6 Å². The number of hydrogen-bond donors (Lipinski definition) is 1. The van der Waals surface area contributed by atoms with E-state index in [1.54, 1.807) is 0 Å². The number of allylic oxidation sites excluding steroid dienone is 2. The summed E-state index contributed by atoms with van der Waals surface area (Å²) >= 11 is 0. The van der Waals surface area contributed by atoms with Crippen LogP contribution in [-0.2, 0) is 4.79 Å². The molecule has 0 atom stereocenters. The lowest BCUT2D eigenvalue weighted by Crippen LogP contribution is -2.42. The highest BCUT2D eigenvalue weighted by molar-refractivity contribution is 8.22. The quantitative estimate of drug-likeness (QED) is 0.763. The average Bonchev–Trinajstić information content (AvgIpc) is 2.84. The Morgan fingerprint density at radius 3 is 2.47 bits per heavy atom. The van der Waals surface area contributed by atoms with E-state index in [2.05, 4.69) is 34.8 Å². The van der Waals surface area contributed by atoms with Crippen molar-refractivity contribution in [3.63, 3.8) is 0 Å². The second kappa shape index (κ2) is 6.29. The Hall–Kier alpha value is -0.700. The molecule has 3 heteroatoms. The van der Waals surface area contributed by atoms with Crippen LogP contribution in [0.2, 0.25) is 0 Å². The van der Waals surface area contributed by atoms with Gasteiger partial charge in [0, 0.05) is 12.6 Å². The van der Waals surface area contributed by atoms with Crippen molar-refractivity contribution in [2.24, 2.45) is 0 Å². The van der Waals surface area contributed by atoms with E-state index in [1.165, 1.54) is 32.1 Å². The van der Waals surface area contributed by atoms with Crippen molar-refractivity contribution in [3.8, 4) is 0 Å². The van der Waals surface area contributed by atoms with Crippen LogP contribution < -0.4 is 0 Å². The van der Waals surface area contributed by atoms with Gasteiger partial charge >= 0.3 is 0 Å². The minimum absolute atomic E-state index is 0.296. The van der Waals surface area contributed by atoms with Crippen molar-refractivity contribution in [2.75, 3.05) is 12.3 Å². The fourth-order valence-electron chi connectivity index (χ4n) is 2.75. The molecule has 0 saturated heterocycles. The predicted molar refractivity (Wildman–Crippen MR) is 76.4 cm³/mol. The van der Waals surface area contributed by atoms with Crippen molar-refractivity contribution in [1.82, 2.24) is 4.90 Å². The molecule has 1 amide bonds. The number of nitrogens with zero attached hydrogens (tertiary/aromatic N) is 1. The Labute approximate surface area is 107 Å². The van der Waals surface area contributed by atoms with E-state index in [4.69, 9.17) is 0 Å². The summed E-state index contributed by atoms with van der Waals surface area (Å²) in [7, 11) is -0.296. The molecule has 2 rings (SSSR count). The molecule has 1 saturated carbocycles. The highest BCUT2D eigenvalue weighted by atomic mass is 32.2. The Balaban J connectivity index is 1.89. The molecule has 0 aromatic heterocycles. The van der Waals surface area contributed by atoms with E-state index in [1.807, 2.05) is 0 Å². The fourth-order valence-corrected chi connectivity index (χ4v) is 4.20. The third-order valence-corrected chi connectivity index (χ3v) is 5.41. The van der Waals surface area contributed by atoms with Gasteiger partial charge in [0.05, 0.1) is 5.75 Å². The third-order valence-electron chi connectivity index (χ3n) is 3.66. The van der Waals surface area contributed by atoms with Crippen LogP contribution in [0.25, 0.3) is 0 Å². The molecular weight excluding hydrogens is 230 g/mol. The van der Waals surface area contributed by atoms with Gasteiger partial charge in [-0.1, -0.05) is 31.4 Å². The summed E-state index contributed by atoms with van der Waals surface area (Å²) in [5.74, 6) is 1.08. The monoisotopic (exact) mass is 253 g/mol. The minimum atomic E-state index is -0.296. The summed E-state index contributed by atoms with van der Waals surface area (Å²) in [5.41, 5.74) is 0. The van der Waals surface area contributed by atoms with Crippen molar-refractivity contribution in [2.45, 2.75) is 45.1 Å². The maximum Gasteiger partial charge on any atom is 0.231 e. The minimum Gasteiger partial charge on any atom is -0.339 e. The summed E-state index contributed by atoms with van der Waals surface area (Å²) < 4.78 is 0. The zero-order chi connectivity index (χ0) is 12.1. The molecule has 2 nitrogen and oxygen atoms in total. The third kappa shape index (κ3) is 3.38. The molecule has 0 bridgehead atoms. The Bertz CT molecular complexity index is 306. The van der Waals surface area contributed by atoms with Gasteiger partial charge in [-0.15, -0.1) is 0 Å². The van der Waals surface area contributed by atoms with Gasteiger partial charge in [0.1, 0.15) is 0 Å². The first-order valence-electron chi connectivity index (χ1n) is 6.71. The number of carbonyl (C=O) groups is 1. The van der Waals surface area contributed by atoms with Gasteiger partial charge in [0.25, 0.3) is 0 Å². The lowest BCUT2D eigenvalue weighted by Gasteiger charge is -2.34. The van der Waals surface area contributed by atoms with Gasteiger partial charge in [-0.2, -0.15) is 0 Å². The van der Waals surface area contributed by atoms with E-state index in [9.17, 15) is 4.79 Å². The lowest BCUT2D eigenvalue weighted by atomic mass is 9.94. The van der Waals surface area contributed by atoms with Gasteiger partial charge in [-0.3, -0.25) is 4.79 Å². The fraction of sp³-hybridized carbons (Fsp3) is 0.643. The van der Waals surface area contributed by atoms with Crippen LogP contribution in [0, 0.1) is 0 Å². The standard InChI is InChI=1S/C14H23NOS/c1-2-15(13-8-4-3-5-9-13)14(16)12-17-10-6-7-11-17/h6-7,10-11,13,17H,2-5,8-9,12H2,1H3. The Morgan fingerprint density at radius 1 is 1.24 bits per heavy atom. The molecular formula is C14H23NOS. The van der Waals surface area contributed by atoms with E-state index in [0.29, 0.717) is 17.7 Å². The maximum absolute atomic E-state index is 12.3. The highest BCUT2D eigenvalue weighted by Crippen LogP contribution is 2.33. The molecule has 2 aliphatic rings.